The number of pyridine rings is 1. The first-order chi connectivity index (χ1) is 7.63. The van der Waals surface area contributed by atoms with Gasteiger partial charge >= 0.3 is 5.97 Å². The third-order valence-electron chi connectivity index (χ3n) is 1.96. The third-order valence-corrected chi connectivity index (χ3v) is 3.54. The second-order valence-electron chi connectivity index (χ2n) is 2.98. The van der Waals surface area contributed by atoms with Crippen molar-refractivity contribution in [2.24, 2.45) is 0 Å². The van der Waals surface area contributed by atoms with Gasteiger partial charge in [-0.1, -0.05) is 23.2 Å². The molecule has 0 N–H and O–H groups in total. The molecular weight excluding hydrogens is 269 g/mol. The van der Waals surface area contributed by atoms with Crippen LogP contribution in [0.4, 0.5) is 0 Å². The van der Waals surface area contributed by atoms with Gasteiger partial charge in [0, 0.05) is 11.6 Å². The molecule has 0 spiro atoms. The molecule has 0 atom stereocenters. The fraction of sp³-hybridized carbons (Fsp3) is 0.200. The van der Waals surface area contributed by atoms with Gasteiger partial charge in [-0.3, -0.25) is 0 Å². The van der Waals surface area contributed by atoms with Gasteiger partial charge in [0.1, 0.15) is 4.83 Å². The lowest BCUT2D eigenvalue weighted by molar-refractivity contribution is 0.0526. The van der Waals surface area contributed by atoms with Gasteiger partial charge in [0.2, 0.25) is 0 Å². The molecule has 0 radical (unpaired) electrons. The van der Waals surface area contributed by atoms with Crippen molar-refractivity contribution in [1.29, 1.82) is 0 Å². The summed E-state index contributed by atoms with van der Waals surface area (Å²) in [5.74, 6) is -0.468. The molecule has 0 aliphatic carbocycles. The van der Waals surface area contributed by atoms with Crippen LogP contribution in [-0.2, 0) is 4.74 Å². The topological polar surface area (TPSA) is 39.2 Å². The number of thiophene rings is 1. The van der Waals surface area contributed by atoms with Crippen LogP contribution in [0.1, 0.15) is 17.3 Å². The largest absolute Gasteiger partial charge is 0.462 e. The van der Waals surface area contributed by atoms with Crippen molar-refractivity contribution >= 4 is 50.7 Å². The molecule has 6 heteroatoms. The maximum atomic E-state index is 11.5. The molecule has 2 heterocycles. The summed E-state index contributed by atoms with van der Waals surface area (Å²) in [6.07, 6.45) is 1.41. The van der Waals surface area contributed by atoms with Crippen LogP contribution >= 0.6 is 34.5 Å². The van der Waals surface area contributed by atoms with Gasteiger partial charge < -0.3 is 4.74 Å². The van der Waals surface area contributed by atoms with E-state index in [2.05, 4.69) is 4.98 Å². The first-order valence-corrected chi connectivity index (χ1v) is 6.11. The van der Waals surface area contributed by atoms with Gasteiger partial charge in [-0.15, -0.1) is 11.3 Å². The zero-order chi connectivity index (χ0) is 11.7. The normalized spacial score (nSPS) is 10.7. The van der Waals surface area contributed by atoms with Crippen molar-refractivity contribution in [3.63, 3.8) is 0 Å². The highest BCUT2D eigenvalue weighted by Crippen LogP contribution is 2.34. The lowest BCUT2D eigenvalue weighted by Gasteiger charge is -2.03. The van der Waals surface area contributed by atoms with E-state index in [1.54, 1.807) is 13.0 Å². The average molecular weight is 276 g/mol. The number of nitrogens with zero attached hydrogens (tertiary/aromatic N) is 1. The molecule has 84 valence electrons. The highest BCUT2D eigenvalue weighted by molar-refractivity contribution is 7.22. The van der Waals surface area contributed by atoms with Crippen molar-refractivity contribution in [3.8, 4) is 0 Å². The number of carbonyl (C=O) groups excluding carboxylic acids is 1. The summed E-state index contributed by atoms with van der Waals surface area (Å²) in [6.45, 7) is 2.04. The number of esters is 1. The van der Waals surface area contributed by atoms with Crippen LogP contribution in [0.15, 0.2) is 12.3 Å². The van der Waals surface area contributed by atoms with Crippen LogP contribution in [0, 0.1) is 0 Å². The standard InChI is InChI=1S/C10H7Cl2NO2S/c1-2-15-10(14)6-4-13-9-5(8(6)12)3-7(11)16-9/h3-4H,2H2,1H3. The number of carbonyl (C=O) groups is 1. The van der Waals surface area contributed by atoms with E-state index in [1.807, 2.05) is 0 Å². The SMILES string of the molecule is CCOC(=O)c1cnc2sc(Cl)cc2c1Cl. The quantitative estimate of drug-likeness (QED) is 0.783. The van der Waals surface area contributed by atoms with Gasteiger partial charge in [0.25, 0.3) is 0 Å². The summed E-state index contributed by atoms with van der Waals surface area (Å²) in [4.78, 5) is 16.4. The molecule has 2 aromatic rings. The molecule has 0 aromatic carbocycles. The number of halogens is 2. The van der Waals surface area contributed by atoms with Crippen molar-refractivity contribution in [1.82, 2.24) is 4.98 Å². The maximum absolute atomic E-state index is 11.5. The van der Waals surface area contributed by atoms with Crippen molar-refractivity contribution in [2.75, 3.05) is 6.61 Å². The molecular formula is C10H7Cl2NO2S. The van der Waals surface area contributed by atoms with Gasteiger partial charge in [0.05, 0.1) is 21.5 Å². The number of rotatable bonds is 2. The molecule has 0 aliphatic heterocycles. The fourth-order valence-electron chi connectivity index (χ4n) is 1.28. The second kappa shape index (κ2) is 4.57. The Morgan fingerprint density at radius 2 is 2.31 bits per heavy atom. The fourth-order valence-corrected chi connectivity index (χ4v) is 2.67. The predicted molar refractivity (Wildman–Crippen MR) is 65.6 cm³/mol. The molecule has 2 rings (SSSR count). The van der Waals surface area contributed by atoms with E-state index in [-0.39, 0.29) is 5.56 Å². The third kappa shape index (κ3) is 2.00. The van der Waals surface area contributed by atoms with Crippen LogP contribution in [-0.4, -0.2) is 17.6 Å². The summed E-state index contributed by atoms with van der Waals surface area (Å²) in [6, 6.07) is 1.69. The highest BCUT2D eigenvalue weighted by Gasteiger charge is 2.16. The summed E-state index contributed by atoms with van der Waals surface area (Å²) < 4.78 is 5.46. The van der Waals surface area contributed by atoms with Crippen LogP contribution < -0.4 is 0 Å². The Balaban J connectivity index is 2.55. The zero-order valence-corrected chi connectivity index (χ0v) is 10.6. The summed E-state index contributed by atoms with van der Waals surface area (Å²) in [7, 11) is 0. The van der Waals surface area contributed by atoms with Crippen molar-refractivity contribution < 1.29 is 9.53 Å². The highest BCUT2D eigenvalue weighted by atomic mass is 35.5. The summed E-state index contributed by atoms with van der Waals surface area (Å²) in [5, 5.41) is 1.02. The molecule has 0 fully saturated rings. The number of hydrogen-bond donors (Lipinski definition) is 0. The number of fused-ring (bicyclic) bond motifs is 1. The van der Waals surface area contributed by atoms with E-state index in [1.165, 1.54) is 17.5 Å². The minimum atomic E-state index is -0.468. The maximum Gasteiger partial charge on any atom is 0.341 e. The lowest BCUT2D eigenvalue weighted by atomic mass is 10.2. The Kier molecular flexibility index (Phi) is 3.33. The molecule has 0 unspecified atom stereocenters. The number of ether oxygens (including phenoxy) is 1. The van der Waals surface area contributed by atoms with Gasteiger partial charge in [-0.25, -0.2) is 9.78 Å². The van der Waals surface area contributed by atoms with Crippen molar-refractivity contribution in [2.45, 2.75) is 6.92 Å². The first kappa shape index (κ1) is 11.6. The molecule has 0 aliphatic rings. The van der Waals surface area contributed by atoms with Gasteiger partial charge in [-0.05, 0) is 13.0 Å². The minimum Gasteiger partial charge on any atom is -0.462 e. The average Bonchev–Trinajstić information content (AvgIpc) is 2.60. The Bertz CT molecular complexity index is 553. The van der Waals surface area contributed by atoms with E-state index in [4.69, 9.17) is 27.9 Å². The number of hydrogen-bond acceptors (Lipinski definition) is 4. The molecule has 16 heavy (non-hydrogen) atoms. The summed E-state index contributed by atoms with van der Waals surface area (Å²) >= 11 is 13.3. The van der Waals surface area contributed by atoms with Crippen molar-refractivity contribution in [3.05, 3.63) is 27.2 Å². The Labute approximate surface area is 106 Å². The smallest absolute Gasteiger partial charge is 0.341 e. The minimum absolute atomic E-state index is 0.269. The summed E-state index contributed by atoms with van der Waals surface area (Å²) in [5.41, 5.74) is 0.269. The van der Waals surface area contributed by atoms with E-state index >= 15 is 0 Å². The Hall–Kier alpha value is -0.840. The first-order valence-electron chi connectivity index (χ1n) is 4.54. The van der Waals surface area contributed by atoms with Crippen LogP contribution in [0.3, 0.4) is 0 Å². The van der Waals surface area contributed by atoms with Crippen LogP contribution in [0.25, 0.3) is 10.2 Å². The Morgan fingerprint density at radius 3 is 3.00 bits per heavy atom. The van der Waals surface area contributed by atoms with Crippen LogP contribution in [0.5, 0.6) is 0 Å². The van der Waals surface area contributed by atoms with E-state index in [0.29, 0.717) is 26.2 Å². The van der Waals surface area contributed by atoms with Gasteiger partial charge in [-0.2, -0.15) is 0 Å². The molecule has 3 nitrogen and oxygen atoms in total. The van der Waals surface area contributed by atoms with E-state index in [0.717, 1.165) is 0 Å². The molecule has 2 aromatic heterocycles. The van der Waals surface area contributed by atoms with E-state index < -0.39 is 5.97 Å². The molecule has 0 saturated heterocycles. The molecule has 0 saturated carbocycles. The van der Waals surface area contributed by atoms with Gasteiger partial charge in [0.15, 0.2) is 0 Å². The second-order valence-corrected chi connectivity index (χ2v) is 5.02. The van der Waals surface area contributed by atoms with Crippen LogP contribution in [0.2, 0.25) is 9.36 Å². The molecule has 0 bridgehead atoms. The monoisotopic (exact) mass is 275 g/mol. The number of aromatic nitrogens is 1. The zero-order valence-electron chi connectivity index (χ0n) is 8.29. The molecule has 0 amide bonds. The van der Waals surface area contributed by atoms with E-state index in [9.17, 15) is 4.79 Å². The predicted octanol–water partition coefficient (Wildman–Crippen LogP) is 3.78. The Morgan fingerprint density at radius 1 is 1.56 bits per heavy atom. The lowest BCUT2D eigenvalue weighted by Crippen LogP contribution is -2.05.